The van der Waals surface area contributed by atoms with Gasteiger partial charge >= 0.3 is 0 Å². The highest BCUT2D eigenvalue weighted by Gasteiger charge is 2.18. The molecule has 3 aromatic carbocycles. The van der Waals surface area contributed by atoms with Gasteiger partial charge in [0.25, 0.3) is 0 Å². The van der Waals surface area contributed by atoms with Crippen molar-refractivity contribution in [3.05, 3.63) is 77.9 Å². The lowest BCUT2D eigenvalue weighted by molar-refractivity contribution is 0.174. The van der Waals surface area contributed by atoms with E-state index in [2.05, 4.69) is 12.1 Å². The van der Waals surface area contributed by atoms with E-state index in [1.807, 2.05) is 66.7 Å². The molecule has 0 aliphatic carbocycles. The fraction of sp³-hybridized carbons (Fsp3) is 0.115. The van der Waals surface area contributed by atoms with Crippen molar-refractivity contribution in [3.8, 4) is 34.3 Å². The first-order valence-corrected chi connectivity index (χ1v) is 9.95. The van der Waals surface area contributed by atoms with Gasteiger partial charge in [-0.05, 0) is 35.9 Å². The maximum Gasteiger partial charge on any atom is 0.231 e. The van der Waals surface area contributed by atoms with Crippen LogP contribution in [0.4, 0.5) is 0 Å². The summed E-state index contributed by atoms with van der Waals surface area (Å²) in [6.45, 7) is 0.220. The molecule has 0 atom stereocenters. The molecule has 0 saturated carbocycles. The molecule has 0 N–H and O–H groups in total. The number of hydrogen-bond acceptors (Lipinski definition) is 5. The van der Waals surface area contributed by atoms with Gasteiger partial charge in [-0.2, -0.15) is 0 Å². The van der Waals surface area contributed by atoms with E-state index in [1.165, 1.54) is 0 Å². The van der Waals surface area contributed by atoms with E-state index in [9.17, 15) is 0 Å². The van der Waals surface area contributed by atoms with Gasteiger partial charge in [-0.3, -0.25) is 0 Å². The van der Waals surface area contributed by atoms with Gasteiger partial charge in [-0.1, -0.05) is 42.5 Å². The maximum absolute atomic E-state index is 5.60. The first kappa shape index (κ1) is 19.0. The first-order valence-electron chi connectivity index (χ1n) is 9.95. The number of ether oxygens (including phenoxy) is 4. The largest absolute Gasteiger partial charge is 0.496 e. The van der Waals surface area contributed by atoms with Crippen molar-refractivity contribution in [3.63, 3.8) is 0 Å². The van der Waals surface area contributed by atoms with Gasteiger partial charge in [0.2, 0.25) is 6.79 Å². The number of methoxy groups -OCH3 is 2. The predicted molar refractivity (Wildman–Crippen MR) is 122 cm³/mol. The van der Waals surface area contributed by atoms with E-state index in [-0.39, 0.29) is 6.79 Å². The van der Waals surface area contributed by atoms with Crippen molar-refractivity contribution >= 4 is 23.1 Å². The van der Waals surface area contributed by atoms with Gasteiger partial charge in [-0.25, -0.2) is 4.98 Å². The average Bonchev–Trinajstić information content (AvgIpc) is 3.28. The second-order valence-electron chi connectivity index (χ2n) is 7.09. The summed E-state index contributed by atoms with van der Waals surface area (Å²) in [4.78, 5) is 4.91. The van der Waals surface area contributed by atoms with E-state index < -0.39 is 0 Å². The molecule has 5 nitrogen and oxygen atoms in total. The Hall–Kier alpha value is -3.99. The third-order valence-electron chi connectivity index (χ3n) is 5.30. The number of pyridine rings is 1. The predicted octanol–water partition coefficient (Wildman–Crippen LogP) is 5.82. The van der Waals surface area contributed by atoms with Crippen molar-refractivity contribution in [2.75, 3.05) is 21.0 Å². The van der Waals surface area contributed by atoms with Crippen LogP contribution in [0.2, 0.25) is 0 Å². The molecular formula is C26H21NO4. The number of para-hydroxylation sites is 2. The Morgan fingerprint density at radius 1 is 0.774 bits per heavy atom. The Balaban J connectivity index is 1.70. The number of fused-ring (bicyclic) bond motifs is 2. The molecule has 0 radical (unpaired) electrons. The van der Waals surface area contributed by atoms with Gasteiger partial charge in [0.1, 0.15) is 11.5 Å². The number of nitrogens with zero attached hydrogens (tertiary/aromatic N) is 1. The monoisotopic (exact) mass is 411 g/mol. The molecule has 31 heavy (non-hydrogen) atoms. The van der Waals surface area contributed by atoms with Gasteiger partial charge in [0.05, 0.1) is 25.4 Å². The third-order valence-corrected chi connectivity index (χ3v) is 5.30. The highest BCUT2D eigenvalue weighted by molar-refractivity contribution is 5.95. The number of benzene rings is 3. The van der Waals surface area contributed by atoms with Crippen molar-refractivity contribution in [1.82, 2.24) is 4.98 Å². The fourth-order valence-electron chi connectivity index (χ4n) is 3.76. The lowest BCUT2D eigenvalue weighted by Gasteiger charge is -2.11. The molecule has 1 aromatic heterocycles. The van der Waals surface area contributed by atoms with Crippen molar-refractivity contribution in [2.24, 2.45) is 0 Å². The molecular weight excluding hydrogens is 390 g/mol. The van der Waals surface area contributed by atoms with Crippen LogP contribution in [0.25, 0.3) is 34.3 Å². The summed E-state index contributed by atoms with van der Waals surface area (Å²) in [6.07, 6.45) is 4.12. The lowest BCUT2D eigenvalue weighted by atomic mass is 10.0. The Morgan fingerprint density at radius 2 is 1.45 bits per heavy atom. The zero-order valence-corrected chi connectivity index (χ0v) is 17.3. The molecule has 0 fully saturated rings. The first-order chi connectivity index (χ1) is 15.3. The molecule has 5 rings (SSSR count). The zero-order valence-electron chi connectivity index (χ0n) is 17.3. The van der Waals surface area contributed by atoms with Crippen LogP contribution in [-0.2, 0) is 0 Å². The van der Waals surface area contributed by atoms with Crippen molar-refractivity contribution in [1.29, 1.82) is 0 Å². The van der Waals surface area contributed by atoms with E-state index in [0.29, 0.717) is 5.75 Å². The Labute approximate surface area is 180 Å². The van der Waals surface area contributed by atoms with Crippen LogP contribution in [0, 0.1) is 0 Å². The molecule has 0 spiro atoms. The molecule has 4 aromatic rings. The van der Waals surface area contributed by atoms with Crippen LogP contribution < -0.4 is 18.9 Å². The number of rotatable bonds is 5. The van der Waals surface area contributed by atoms with Crippen LogP contribution in [0.5, 0.6) is 23.0 Å². The number of aromatic nitrogens is 1. The van der Waals surface area contributed by atoms with E-state index >= 15 is 0 Å². The summed E-state index contributed by atoms with van der Waals surface area (Å²) >= 11 is 0. The highest BCUT2D eigenvalue weighted by Crippen LogP contribution is 2.39. The smallest absolute Gasteiger partial charge is 0.231 e. The molecule has 5 heteroatoms. The molecule has 1 aliphatic rings. The normalized spacial score (nSPS) is 12.5. The Morgan fingerprint density at radius 3 is 2.26 bits per heavy atom. The van der Waals surface area contributed by atoms with Gasteiger partial charge in [0, 0.05) is 22.6 Å². The van der Waals surface area contributed by atoms with Gasteiger partial charge < -0.3 is 18.9 Å². The summed E-state index contributed by atoms with van der Waals surface area (Å²) in [7, 11) is 3.34. The van der Waals surface area contributed by atoms with E-state index in [4.69, 9.17) is 23.9 Å². The summed E-state index contributed by atoms with van der Waals surface area (Å²) in [5, 5.41) is 0.981. The van der Waals surface area contributed by atoms with Crippen LogP contribution >= 0.6 is 0 Å². The summed E-state index contributed by atoms with van der Waals surface area (Å²) < 4.78 is 22.2. The lowest BCUT2D eigenvalue weighted by Crippen LogP contribution is -1.93. The number of hydrogen-bond donors (Lipinski definition) is 0. The molecule has 154 valence electrons. The molecule has 2 heterocycles. The topological polar surface area (TPSA) is 49.8 Å². The standard InChI is InChI=1S/C26H21NO4/c1-28-23-9-5-3-7-17(23)11-12-18-13-21(19-8-4-6-10-24(19)29-2)27-22-15-26-25(14-20(18)22)30-16-31-26/h3-15H,16H2,1-2H3. The van der Waals surface area contributed by atoms with Gasteiger partial charge in [0.15, 0.2) is 11.5 Å². The molecule has 0 bridgehead atoms. The minimum Gasteiger partial charge on any atom is -0.496 e. The summed E-state index contributed by atoms with van der Waals surface area (Å²) in [5.74, 6) is 3.03. The second kappa shape index (κ2) is 8.03. The van der Waals surface area contributed by atoms with E-state index in [0.717, 1.165) is 50.5 Å². The van der Waals surface area contributed by atoms with Crippen LogP contribution in [-0.4, -0.2) is 26.0 Å². The second-order valence-corrected chi connectivity index (χ2v) is 7.09. The summed E-state index contributed by atoms with van der Waals surface area (Å²) in [6, 6.07) is 21.8. The Bertz CT molecular complexity index is 1300. The van der Waals surface area contributed by atoms with E-state index in [1.54, 1.807) is 14.2 Å². The molecule has 0 amide bonds. The summed E-state index contributed by atoms with van der Waals surface area (Å²) in [5.41, 5.74) is 4.58. The molecule has 1 aliphatic heterocycles. The van der Waals surface area contributed by atoms with Gasteiger partial charge in [-0.15, -0.1) is 0 Å². The quantitative estimate of drug-likeness (QED) is 0.414. The van der Waals surface area contributed by atoms with Crippen LogP contribution in [0.15, 0.2) is 66.7 Å². The van der Waals surface area contributed by atoms with Crippen LogP contribution in [0.3, 0.4) is 0 Å². The fourth-order valence-corrected chi connectivity index (χ4v) is 3.76. The minimum absolute atomic E-state index is 0.220. The van der Waals surface area contributed by atoms with Crippen molar-refractivity contribution in [2.45, 2.75) is 0 Å². The Kier molecular flexibility index (Phi) is 4.92. The zero-order chi connectivity index (χ0) is 21.2. The van der Waals surface area contributed by atoms with Crippen molar-refractivity contribution < 1.29 is 18.9 Å². The molecule has 0 saturated heterocycles. The van der Waals surface area contributed by atoms with Crippen LogP contribution in [0.1, 0.15) is 11.1 Å². The maximum atomic E-state index is 5.60. The third kappa shape index (κ3) is 3.55. The highest BCUT2D eigenvalue weighted by atomic mass is 16.7. The SMILES string of the molecule is COc1ccccc1C=Cc1cc(-c2ccccc2OC)nc2cc3c(cc12)OCO3. The molecule has 0 unspecified atom stereocenters. The minimum atomic E-state index is 0.220. The average molecular weight is 411 g/mol.